The second-order valence-electron chi connectivity index (χ2n) is 6.65. The number of nitrogens with zero attached hydrogens (tertiary/aromatic N) is 4. The summed E-state index contributed by atoms with van der Waals surface area (Å²) in [6, 6.07) is 8.58. The van der Waals surface area contributed by atoms with Crippen LogP contribution in [0.3, 0.4) is 0 Å². The van der Waals surface area contributed by atoms with Gasteiger partial charge in [0.05, 0.1) is 5.69 Å². The van der Waals surface area contributed by atoms with Crippen molar-refractivity contribution in [2.24, 2.45) is 4.99 Å². The topological polar surface area (TPSA) is 56.9 Å². The molecule has 0 atom stereocenters. The monoisotopic (exact) mass is 533 g/mol. The summed E-state index contributed by atoms with van der Waals surface area (Å²) < 4.78 is 17.8. The average molecular weight is 533 g/mol. The zero-order valence-electron chi connectivity index (χ0n) is 16.7. The molecule has 6 nitrogen and oxygen atoms in total. The molecule has 1 saturated heterocycles. The number of aromatic nitrogens is 1. The second-order valence-corrected chi connectivity index (χ2v) is 7.81. The SMILES string of the molecule is CCNC(=NCCCSc1ccc(F)cc1)N1CCN(Cc2ccon2)CC1.I. The van der Waals surface area contributed by atoms with E-state index in [0.29, 0.717) is 0 Å². The number of hydrogen-bond donors (Lipinski definition) is 1. The predicted octanol–water partition coefficient (Wildman–Crippen LogP) is 3.70. The zero-order chi connectivity index (χ0) is 19.6. The Bertz CT molecular complexity index is 721. The van der Waals surface area contributed by atoms with Crippen LogP contribution in [0.5, 0.6) is 0 Å². The molecule has 1 aromatic heterocycles. The van der Waals surface area contributed by atoms with E-state index in [2.05, 4.69) is 27.2 Å². The van der Waals surface area contributed by atoms with Crippen molar-refractivity contribution >= 4 is 41.7 Å². The Morgan fingerprint density at radius 2 is 1.97 bits per heavy atom. The van der Waals surface area contributed by atoms with E-state index >= 15 is 0 Å². The lowest BCUT2D eigenvalue weighted by Crippen LogP contribution is -2.52. The first-order valence-electron chi connectivity index (χ1n) is 9.78. The van der Waals surface area contributed by atoms with Gasteiger partial charge in [0.2, 0.25) is 0 Å². The Hall–Kier alpha value is -1.33. The van der Waals surface area contributed by atoms with Crippen molar-refractivity contribution in [3.8, 4) is 0 Å². The van der Waals surface area contributed by atoms with Gasteiger partial charge in [0.25, 0.3) is 0 Å². The Kier molecular flexibility index (Phi) is 10.8. The van der Waals surface area contributed by atoms with Crippen LogP contribution in [-0.2, 0) is 6.54 Å². The van der Waals surface area contributed by atoms with Crippen LogP contribution >= 0.6 is 35.7 Å². The summed E-state index contributed by atoms with van der Waals surface area (Å²) in [5.74, 6) is 1.78. The third kappa shape index (κ3) is 8.13. The summed E-state index contributed by atoms with van der Waals surface area (Å²) in [5, 5.41) is 7.40. The van der Waals surface area contributed by atoms with E-state index in [1.54, 1.807) is 18.0 Å². The number of nitrogens with one attached hydrogen (secondary N) is 1. The molecule has 0 aliphatic carbocycles. The molecule has 1 aliphatic heterocycles. The van der Waals surface area contributed by atoms with E-state index < -0.39 is 0 Å². The molecule has 1 fully saturated rings. The molecule has 9 heteroatoms. The van der Waals surface area contributed by atoms with Crippen LogP contribution in [0.25, 0.3) is 0 Å². The maximum Gasteiger partial charge on any atom is 0.194 e. The number of benzene rings is 1. The lowest BCUT2D eigenvalue weighted by atomic mass is 10.3. The van der Waals surface area contributed by atoms with Gasteiger partial charge in [-0.1, -0.05) is 5.16 Å². The van der Waals surface area contributed by atoms with Gasteiger partial charge in [-0.05, 0) is 43.4 Å². The summed E-state index contributed by atoms with van der Waals surface area (Å²) in [6.45, 7) is 8.45. The van der Waals surface area contributed by atoms with Crippen LogP contribution in [0.4, 0.5) is 4.39 Å². The molecule has 1 aliphatic rings. The van der Waals surface area contributed by atoms with Crippen LogP contribution in [-0.4, -0.2) is 65.9 Å². The molecular weight excluding hydrogens is 504 g/mol. The molecule has 2 heterocycles. The fraction of sp³-hybridized carbons (Fsp3) is 0.500. The van der Waals surface area contributed by atoms with Crippen LogP contribution in [0.1, 0.15) is 19.0 Å². The molecule has 1 N–H and O–H groups in total. The van der Waals surface area contributed by atoms with Crippen molar-refractivity contribution in [3.05, 3.63) is 48.1 Å². The van der Waals surface area contributed by atoms with Crippen molar-refractivity contribution in [1.29, 1.82) is 0 Å². The minimum atomic E-state index is -0.189. The third-order valence-corrected chi connectivity index (χ3v) is 5.63. The van der Waals surface area contributed by atoms with Gasteiger partial charge in [-0.25, -0.2) is 4.39 Å². The molecule has 29 heavy (non-hydrogen) atoms. The highest BCUT2D eigenvalue weighted by molar-refractivity contribution is 14.0. The fourth-order valence-electron chi connectivity index (χ4n) is 3.06. The van der Waals surface area contributed by atoms with Crippen LogP contribution in [0, 0.1) is 5.82 Å². The van der Waals surface area contributed by atoms with Gasteiger partial charge < -0.3 is 14.7 Å². The Balaban J connectivity index is 0.00000300. The highest BCUT2D eigenvalue weighted by Gasteiger charge is 2.20. The molecule has 0 unspecified atom stereocenters. The van der Waals surface area contributed by atoms with Crippen LogP contribution in [0.2, 0.25) is 0 Å². The third-order valence-electron chi connectivity index (χ3n) is 4.53. The van der Waals surface area contributed by atoms with E-state index in [1.807, 2.05) is 18.2 Å². The molecule has 0 amide bonds. The van der Waals surface area contributed by atoms with Gasteiger partial charge in [0.15, 0.2) is 5.96 Å². The first kappa shape index (κ1) is 23.9. The molecule has 0 radical (unpaired) electrons. The molecule has 3 rings (SSSR count). The van der Waals surface area contributed by atoms with E-state index in [0.717, 1.165) is 74.5 Å². The fourth-order valence-corrected chi connectivity index (χ4v) is 3.90. The highest BCUT2D eigenvalue weighted by Crippen LogP contribution is 2.18. The largest absolute Gasteiger partial charge is 0.364 e. The second kappa shape index (κ2) is 13.1. The predicted molar refractivity (Wildman–Crippen MR) is 126 cm³/mol. The summed E-state index contributed by atoms with van der Waals surface area (Å²) in [5.41, 5.74) is 0.979. The van der Waals surface area contributed by atoms with Crippen molar-refractivity contribution in [3.63, 3.8) is 0 Å². The van der Waals surface area contributed by atoms with Crippen molar-refractivity contribution in [2.75, 3.05) is 45.0 Å². The van der Waals surface area contributed by atoms with E-state index in [4.69, 9.17) is 9.52 Å². The van der Waals surface area contributed by atoms with Gasteiger partial charge in [-0.2, -0.15) is 0 Å². The lowest BCUT2D eigenvalue weighted by Gasteiger charge is -2.36. The number of thioether (sulfide) groups is 1. The smallest absolute Gasteiger partial charge is 0.194 e. The van der Waals surface area contributed by atoms with Gasteiger partial charge in [-0.3, -0.25) is 9.89 Å². The molecular formula is C20H29FIN5OS. The molecule has 1 aromatic carbocycles. The lowest BCUT2D eigenvalue weighted by molar-refractivity contribution is 0.169. The van der Waals surface area contributed by atoms with Crippen LogP contribution < -0.4 is 5.32 Å². The number of rotatable bonds is 8. The normalized spacial score (nSPS) is 15.2. The van der Waals surface area contributed by atoms with Crippen molar-refractivity contribution in [2.45, 2.75) is 24.8 Å². The minimum absolute atomic E-state index is 0. The van der Waals surface area contributed by atoms with E-state index in [9.17, 15) is 4.39 Å². The summed E-state index contributed by atoms with van der Waals surface area (Å²) >= 11 is 1.74. The van der Waals surface area contributed by atoms with Gasteiger partial charge in [-0.15, -0.1) is 35.7 Å². The first-order chi connectivity index (χ1) is 13.7. The Morgan fingerprint density at radius 3 is 2.62 bits per heavy atom. The number of guanidine groups is 1. The quantitative estimate of drug-likeness (QED) is 0.184. The molecule has 0 spiro atoms. The molecule has 0 saturated carbocycles. The summed E-state index contributed by atoms with van der Waals surface area (Å²) in [6.07, 6.45) is 2.61. The van der Waals surface area contributed by atoms with E-state index in [-0.39, 0.29) is 29.8 Å². The maximum absolute atomic E-state index is 12.9. The van der Waals surface area contributed by atoms with Crippen molar-refractivity contribution < 1.29 is 8.91 Å². The number of halogens is 2. The average Bonchev–Trinajstić information content (AvgIpc) is 3.22. The summed E-state index contributed by atoms with van der Waals surface area (Å²) in [4.78, 5) is 10.6. The Labute approximate surface area is 193 Å². The first-order valence-corrected chi connectivity index (χ1v) is 10.8. The van der Waals surface area contributed by atoms with Gasteiger partial charge >= 0.3 is 0 Å². The molecule has 2 aromatic rings. The molecule has 0 bridgehead atoms. The Morgan fingerprint density at radius 1 is 1.21 bits per heavy atom. The number of piperazine rings is 1. The van der Waals surface area contributed by atoms with E-state index in [1.165, 1.54) is 12.1 Å². The molecule has 160 valence electrons. The number of hydrogen-bond acceptors (Lipinski definition) is 5. The summed E-state index contributed by atoms with van der Waals surface area (Å²) in [7, 11) is 0. The van der Waals surface area contributed by atoms with Gasteiger partial charge in [0.1, 0.15) is 12.1 Å². The van der Waals surface area contributed by atoms with Crippen molar-refractivity contribution in [1.82, 2.24) is 20.3 Å². The number of aliphatic imine (C=N–C) groups is 1. The maximum atomic E-state index is 12.9. The zero-order valence-corrected chi connectivity index (χ0v) is 19.9. The minimum Gasteiger partial charge on any atom is -0.364 e. The van der Waals surface area contributed by atoms with Crippen LogP contribution in [0.15, 0.2) is 51.0 Å². The highest BCUT2D eigenvalue weighted by atomic mass is 127. The van der Waals surface area contributed by atoms with Gasteiger partial charge in [0, 0.05) is 56.8 Å². The standard InChI is InChI=1S/C20H28FN5OS.HI/c1-2-22-20(23-9-3-15-28-19-6-4-17(21)5-7-19)26-12-10-25(11-13-26)16-18-8-14-27-24-18;/h4-8,14H,2-3,9-13,15-16H2,1H3,(H,22,23);1H.